The van der Waals surface area contributed by atoms with E-state index in [1.54, 1.807) is 6.07 Å². The standard InChI is InChI=1S/C22H18F4N2O3/c1-2-11-10-21(31,22(24,25)26)20(13-6-8-14(23)19(30)18(11)13)28-16-5-3-4-15-12(16)7-9-17(29)27-15/h2-9,20,28,30-31H,10H2,1H3,(H,27,29). The summed E-state index contributed by atoms with van der Waals surface area (Å²) < 4.78 is 56.4. The molecule has 1 heterocycles. The van der Waals surface area contributed by atoms with Gasteiger partial charge < -0.3 is 20.5 Å². The molecule has 2 atom stereocenters. The summed E-state index contributed by atoms with van der Waals surface area (Å²) in [5.74, 6) is -1.75. The molecule has 0 fully saturated rings. The van der Waals surface area contributed by atoms with Crippen molar-refractivity contribution in [3.63, 3.8) is 0 Å². The van der Waals surface area contributed by atoms with Gasteiger partial charge in [0.1, 0.15) is 0 Å². The molecular weight excluding hydrogens is 416 g/mol. The summed E-state index contributed by atoms with van der Waals surface area (Å²) in [4.78, 5) is 14.2. The van der Waals surface area contributed by atoms with E-state index in [1.165, 1.54) is 37.3 Å². The number of H-pyrrole nitrogens is 1. The van der Waals surface area contributed by atoms with Crippen molar-refractivity contribution in [1.82, 2.24) is 4.98 Å². The third kappa shape index (κ3) is 3.25. The van der Waals surface area contributed by atoms with Gasteiger partial charge in [0, 0.05) is 29.1 Å². The van der Waals surface area contributed by atoms with Crippen LogP contribution in [0.4, 0.5) is 23.2 Å². The number of fused-ring (bicyclic) bond motifs is 2. The lowest BCUT2D eigenvalue weighted by Gasteiger charge is -2.44. The Morgan fingerprint density at radius 1 is 1.19 bits per heavy atom. The van der Waals surface area contributed by atoms with Gasteiger partial charge in [0.05, 0.1) is 11.6 Å². The van der Waals surface area contributed by atoms with Crippen LogP contribution in [-0.2, 0) is 0 Å². The van der Waals surface area contributed by atoms with E-state index in [2.05, 4.69) is 10.3 Å². The summed E-state index contributed by atoms with van der Waals surface area (Å²) in [6.45, 7) is 1.45. The Bertz CT molecular complexity index is 1270. The van der Waals surface area contributed by atoms with Crippen LogP contribution < -0.4 is 10.9 Å². The van der Waals surface area contributed by atoms with E-state index in [1.807, 2.05) is 0 Å². The van der Waals surface area contributed by atoms with Crippen LogP contribution in [0, 0.1) is 5.82 Å². The maximum Gasteiger partial charge on any atom is 0.419 e. The third-order valence-corrected chi connectivity index (χ3v) is 5.64. The highest BCUT2D eigenvalue weighted by Crippen LogP contribution is 2.54. The number of aliphatic hydroxyl groups is 1. The van der Waals surface area contributed by atoms with Crippen molar-refractivity contribution in [1.29, 1.82) is 0 Å². The highest BCUT2D eigenvalue weighted by molar-refractivity contribution is 5.91. The molecule has 4 N–H and O–H groups in total. The van der Waals surface area contributed by atoms with Gasteiger partial charge in [0.2, 0.25) is 5.56 Å². The first-order chi connectivity index (χ1) is 14.6. The summed E-state index contributed by atoms with van der Waals surface area (Å²) in [5, 5.41) is 24.3. The normalized spacial score (nSPS) is 22.5. The minimum absolute atomic E-state index is 0.0212. The third-order valence-electron chi connectivity index (χ3n) is 5.64. The Hall–Kier alpha value is -3.33. The zero-order valence-electron chi connectivity index (χ0n) is 16.2. The number of hydrogen-bond donors (Lipinski definition) is 4. The van der Waals surface area contributed by atoms with E-state index in [-0.39, 0.29) is 27.9 Å². The van der Waals surface area contributed by atoms with E-state index >= 15 is 0 Å². The van der Waals surface area contributed by atoms with Crippen LogP contribution in [-0.4, -0.2) is 27.0 Å². The topological polar surface area (TPSA) is 85.4 Å². The Labute approximate surface area is 173 Å². The Morgan fingerprint density at radius 3 is 2.61 bits per heavy atom. The molecule has 4 rings (SSSR count). The van der Waals surface area contributed by atoms with Gasteiger partial charge in [-0.25, -0.2) is 4.39 Å². The molecule has 2 unspecified atom stereocenters. The minimum Gasteiger partial charge on any atom is -0.504 e. The smallest absolute Gasteiger partial charge is 0.419 e. The van der Waals surface area contributed by atoms with Gasteiger partial charge >= 0.3 is 6.18 Å². The Kier molecular flexibility index (Phi) is 4.81. The predicted octanol–water partition coefficient (Wildman–Crippen LogP) is 4.63. The quantitative estimate of drug-likeness (QED) is 0.443. The number of allylic oxidation sites excluding steroid dienone is 1. The highest BCUT2D eigenvalue weighted by atomic mass is 19.4. The first-order valence-corrected chi connectivity index (χ1v) is 9.41. The number of rotatable bonds is 2. The molecule has 1 aromatic heterocycles. The van der Waals surface area contributed by atoms with Crippen molar-refractivity contribution in [3.05, 3.63) is 75.8 Å². The van der Waals surface area contributed by atoms with Gasteiger partial charge in [-0.1, -0.05) is 18.2 Å². The average Bonchev–Trinajstić information content (AvgIpc) is 2.71. The van der Waals surface area contributed by atoms with Crippen LogP contribution in [0.25, 0.3) is 16.5 Å². The number of hydrogen-bond acceptors (Lipinski definition) is 4. The van der Waals surface area contributed by atoms with Crippen LogP contribution in [0.15, 0.2) is 53.3 Å². The van der Waals surface area contributed by atoms with Crippen LogP contribution in [0.5, 0.6) is 5.75 Å². The largest absolute Gasteiger partial charge is 0.504 e. The molecule has 0 saturated carbocycles. The fourth-order valence-electron chi connectivity index (χ4n) is 4.07. The Balaban J connectivity index is 1.96. The number of phenolic OH excluding ortho intramolecular Hbond substituents is 1. The van der Waals surface area contributed by atoms with E-state index < -0.39 is 35.8 Å². The molecule has 5 nitrogen and oxygen atoms in total. The van der Waals surface area contributed by atoms with Crippen molar-refractivity contribution >= 4 is 22.2 Å². The fraction of sp³-hybridized carbons (Fsp3) is 0.227. The lowest BCUT2D eigenvalue weighted by molar-refractivity contribution is -0.265. The molecule has 1 aliphatic carbocycles. The number of phenols is 1. The van der Waals surface area contributed by atoms with Gasteiger partial charge in [0.25, 0.3) is 0 Å². The molecule has 9 heteroatoms. The van der Waals surface area contributed by atoms with E-state index in [4.69, 9.17) is 0 Å². The molecular formula is C22H18F4N2O3. The molecule has 0 bridgehead atoms. The van der Waals surface area contributed by atoms with E-state index in [0.29, 0.717) is 10.9 Å². The van der Waals surface area contributed by atoms with E-state index in [9.17, 15) is 32.6 Å². The van der Waals surface area contributed by atoms with Crippen LogP contribution >= 0.6 is 0 Å². The SMILES string of the molecule is CC=C1CC(O)(C(F)(F)F)C(Nc2cccc3[nH]c(=O)ccc23)c2ccc(F)c(O)c21. The number of benzene rings is 2. The second kappa shape index (κ2) is 7.12. The van der Waals surface area contributed by atoms with Gasteiger partial charge in [0.15, 0.2) is 17.2 Å². The maximum atomic E-state index is 14.1. The van der Waals surface area contributed by atoms with Crippen LogP contribution in [0.1, 0.15) is 30.5 Å². The lowest BCUT2D eigenvalue weighted by Crippen LogP contribution is -2.54. The fourth-order valence-corrected chi connectivity index (χ4v) is 4.07. The number of pyridine rings is 1. The summed E-state index contributed by atoms with van der Waals surface area (Å²) in [6, 6.07) is 7.54. The monoisotopic (exact) mass is 434 g/mol. The second-order valence-electron chi connectivity index (χ2n) is 7.44. The first-order valence-electron chi connectivity index (χ1n) is 9.41. The lowest BCUT2D eigenvalue weighted by atomic mass is 9.72. The summed E-state index contributed by atoms with van der Waals surface area (Å²) in [6.07, 6.45) is -4.61. The number of anilines is 1. The number of aromatic hydroxyl groups is 1. The van der Waals surface area contributed by atoms with Gasteiger partial charge in [-0.2, -0.15) is 13.2 Å². The van der Waals surface area contributed by atoms with Crippen LogP contribution in [0.3, 0.4) is 0 Å². The summed E-state index contributed by atoms with van der Waals surface area (Å²) in [5.41, 5.74) is -3.21. The second-order valence-corrected chi connectivity index (χ2v) is 7.44. The van der Waals surface area contributed by atoms with Gasteiger partial charge in [-0.15, -0.1) is 0 Å². The number of aromatic nitrogens is 1. The molecule has 0 amide bonds. The number of alkyl halides is 3. The molecule has 2 aromatic carbocycles. The van der Waals surface area contributed by atoms with Crippen molar-refractivity contribution in [3.8, 4) is 5.75 Å². The number of nitrogens with one attached hydrogen (secondary N) is 2. The highest BCUT2D eigenvalue weighted by Gasteiger charge is 2.61. The maximum absolute atomic E-state index is 14.1. The molecule has 31 heavy (non-hydrogen) atoms. The van der Waals surface area contributed by atoms with Crippen molar-refractivity contribution in [2.45, 2.75) is 31.2 Å². The molecule has 0 spiro atoms. The zero-order valence-corrected chi connectivity index (χ0v) is 16.2. The van der Waals surface area contributed by atoms with E-state index in [0.717, 1.165) is 12.1 Å². The molecule has 0 radical (unpaired) electrons. The van der Waals surface area contributed by atoms with Crippen LogP contribution in [0.2, 0.25) is 0 Å². The minimum atomic E-state index is -5.04. The average molecular weight is 434 g/mol. The zero-order chi connectivity index (χ0) is 22.6. The molecule has 0 aliphatic heterocycles. The number of aromatic amines is 1. The molecule has 3 aromatic rings. The molecule has 1 aliphatic rings. The van der Waals surface area contributed by atoms with Gasteiger partial charge in [-0.05, 0) is 42.3 Å². The Morgan fingerprint density at radius 2 is 1.94 bits per heavy atom. The van der Waals surface area contributed by atoms with Crippen molar-refractivity contribution in [2.75, 3.05) is 5.32 Å². The van der Waals surface area contributed by atoms with Gasteiger partial charge in [-0.3, -0.25) is 4.79 Å². The molecule has 0 saturated heterocycles. The first kappa shape index (κ1) is 20.9. The van der Waals surface area contributed by atoms with Crippen molar-refractivity contribution < 1.29 is 27.8 Å². The van der Waals surface area contributed by atoms with Crippen molar-refractivity contribution in [2.24, 2.45) is 0 Å². The summed E-state index contributed by atoms with van der Waals surface area (Å²) in [7, 11) is 0. The predicted molar refractivity (Wildman–Crippen MR) is 108 cm³/mol. The summed E-state index contributed by atoms with van der Waals surface area (Å²) >= 11 is 0. The number of halogens is 4. The molecule has 162 valence electrons.